The van der Waals surface area contributed by atoms with E-state index >= 15 is 0 Å². The summed E-state index contributed by atoms with van der Waals surface area (Å²) >= 11 is 0. The number of nitrogens with one attached hydrogen (secondary N) is 1. The molecule has 0 saturated heterocycles. The first-order valence-electron chi connectivity index (χ1n) is 4.97. The monoisotopic (exact) mass is 220 g/mol. The zero-order valence-corrected chi connectivity index (χ0v) is 9.89. The Morgan fingerprint density at radius 2 is 1.86 bits per heavy atom. The SMILES string of the molecule is CC(C)(C)S(=O)(=O)NCC1CC(N)C1. The second kappa shape index (κ2) is 3.79. The van der Waals surface area contributed by atoms with Crippen LogP contribution in [0, 0.1) is 5.92 Å². The van der Waals surface area contributed by atoms with Crippen LogP contribution < -0.4 is 10.5 Å². The predicted molar refractivity (Wildman–Crippen MR) is 57.4 cm³/mol. The van der Waals surface area contributed by atoms with Crippen molar-refractivity contribution in [3.05, 3.63) is 0 Å². The van der Waals surface area contributed by atoms with Crippen molar-refractivity contribution in [3.63, 3.8) is 0 Å². The van der Waals surface area contributed by atoms with E-state index in [0.717, 1.165) is 12.8 Å². The molecule has 1 aliphatic rings. The van der Waals surface area contributed by atoms with Crippen LogP contribution in [0.1, 0.15) is 33.6 Å². The lowest BCUT2D eigenvalue weighted by Gasteiger charge is -2.33. The van der Waals surface area contributed by atoms with E-state index in [1.54, 1.807) is 20.8 Å². The molecule has 1 aliphatic carbocycles. The fourth-order valence-electron chi connectivity index (χ4n) is 1.40. The lowest BCUT2D eigenvalue weighted by Crippen LogP contribution is -2.46. The minimum absolute atomic E-state index is 0.277. The Hall–Kier alpha value is -0.130. The van der Waals surface area contributed by atoms with Crippen LogP contribution >= 0.6 is 0 Å². The molecule has 0 bridgehead atoms. The first-order valence-corrected chi connectivity index (χ1v) is 6.45. The van der Waals surface area contributed by atoms with Gasteiger partial charge in [0, 0.05) is 12.6 Å². The van der Waals surface area contributed by atoms with Crippen LogP contribution in [-0.4, -0.2) is 25.8 Å². The van der Waals surface area contributed by atoms with Gasteiger partial charge < -0.3 is 5.73 Å². The average Bonchev–Trinajstić information content (AvgIpc) is 1.93. The molecule has 0 radical (unpaired) electrons. The molecule has 0 aromatic rings. The van der Waals surface area contributed by atoms with E-state index in [9.17, 15) is 8.42 Å². The fourth-order valence-corrected chi connectivity index (χ4v) is 2.29. The van der Waals surface area contributed by atoms with Gasteiger partial charge in [0.2, 0.25) is 10.0 Å². The minimum Gasteiger partial charge on any atom is -0.328 e. The number of hydrogen-bond donors (Lipinski definition) is 2. The molecule has 0 unspecified atom stereocenters. The van der Waals surface area contributed by atoms with E-state index in [1.807, 2.05) is 0 Å². The van der Waals surface area contributed by atoms with E-state index in [0.29, 0.717) is 12.5 Å². The summed E-state index contributed by atoms with van der Waals surface area (Å²) in [5.74, 6) is 0.433. The van der Waals surface area contributed by atoms with E-state index in [1.165, 1.54) is 0 Å². The number of sulfonamides is 1. The van der Waals surface area contributed by atoms with E-state index in [-0.39, 0.29) is 6.04 Å². The van der Waals surface area contributed by atoms with Crippen molar-refractivity contribution in [2.75, 3.05) is 6.54 Å². The van der Waals surface area contributed by atoms with E-state index in [2.05, 4.69) is 4.72 Å². The second-order valence-corrected chi connectivity index (χ2v) is 7.58. The summed E-state index contributed by atoms with van der Waals surface area (Å²) in [7, 11) is -3.18. The van der Waals surface area contributed by atoms with Gasteiger partial charge in [0.15, 0.2) is 0 Å². The first kappa shape index (κ1) is 11.9. The Kier molecular flexibility index (Phi) is 3.23. The lowest BCUT2D eigenvalue weighted by molar-refractivity contribution is 0.266. The summed E-state index contributed by atoms with van der Waals surface area (Å²) in [6.45, 7) is 5.62. The molecular weight excluding hydrogens is 200 g/mol. The van der Waals surface area contributed by atoms with Crippen molar-refractivity contribution in [1.29, 1.82) is 0 Å². The molecule has 5 heteroatoms. The summed E-state index contributed by atoms with van der Waals surface area (Å²) in [6, 6.07) is 0.277. The van der Waals surface area contributed by atoms with Gasteiger partial charge in [-0.05, 0) is 39.5 Å². The molecular formula is C9H20N2O2S. The number of nitrogens with two attached hydrogens (primary N) is 1. The summed E-state index contributed by atoms with van der Waals surface area (Å²) in [4.78, 5) is 0. The maximum Gasteiger partial charge on any atom is 0.216 e. The normalized spacial score (nSPS) is 28.6. The average molecular weight is 220 g/mol. The third-order valence-electron chi connectivity index (χ3n) is 2.64. The van der Waals surface area contributed by atoms with Crippen molar-refractivity contribution in [2.45, 2.75) is 44.4 Å². The van der Waals surface area contributed by atoms with Gasteiger partial charge in [-0.2, -0.15) is 0 Å². The Balaban J connectivity index is 2.38. The lowest BCUT2D eigenvalue weighted by atomic mass is 9.81. The summed E-state index contributed by atoms with van der Waals surface area (Å²) in [5, 5.41) is 0. The molecule has 14 heavy (non-hydrogen) atoms. The summed E-state index contributed by atoms with van der Waals surface area (Å²) in [5.41, 5.74) is 5.62. The Morgan fingerprint density at radius 1 is 1.36 bits per heavy atom. The second-order valence-electron chi connectivity index (χ2n) is 5.06. The molecule has 1 fully saturated rings. The van der Waals surface area contributed by atoms with Gasteiger partial charge >= 0.3 is 0 Å². The smallest absolute Gasteiger partial charge is 0.216 e. The largest absolute Gasteiger partial charge is 0.328 e. The molecule has 0 aromatic heterocycles. The van der Waals surface area contributed by atoms with Gasteiger partial charge in [0.25, 0.3) is 0 Å². The molecule has 0 heterocycles. The van der Waals surface area contributed by atoms with Gasteiger partial charge in [0.1, 0.15) is 0 Å². The van der Waals surface area contributed by atoms with Gasteiger partial charge in [-0.15, -0.1) is 0 Å². The van der Waals surface area contributed by atoms with Crippen molar-refractivity contribution in [1.82, 2.24) is 4.72 Å². The van der Waals surface area contributed by atoms with E-state index in [4.69, 9.17) is 5.73 Å². The highest BCUT2D eigenvalue weighted by atomic mass is 32.2. The van der Waals surface area contributed by atoms with Crippen LogP contribution in [0.3, 0.4) is 0 Å². The third kappa shape index (κ3) is 2.68. The van der Waals surface area contributed by atoms with Crippen molar-refractivity contribution < 1.29 is 8.42 Å². The first-order chi connectivity index (χ1) is 6.22. The summed E-state index contributed by atoms with van der Waals surface area (Å²) < 4.78 is 25.2. The van der Waals surface area contributed by atoms with Crippen LogP contribution in [0.2, 0.25) is 0 Å². The summed E-state index contributed by atoms with van der Waals surface area (Å²) in [6.07, 6.45) is 1.87. The molecule has 0 aromatic carbocycles. The van der Waals surface area contributed by atoms with Crippen LogP contribution in [0.25, 0.3) is 0 Å². The predicted octanol–water partition coefficient (Wildman–Crippen LogP) is 0.442. The molecule has 0 atom stereocenters. The highest BCUT2D eigenvalue weighted by Gasteiger charge is 2.32. The highest BCUT2D eigenvalue weighted by molar-refractivity contribution is 7.90. The Morgan fingerprint density at radius 3 is 2.21 bits per heavy atom. The van der Waals surface area contributed by atoms with Crippen LogP contribution in [-0.2, 0) is 10.0 Å². The van der Waals surface area contributed by atoms with Crippen molar-refractivity contribution >= 4 is 10.0 Å². The van der Waals surface area contributed by atoms with Gasteiger partial charge in [0.05, 0.1) is 4.75 Å². The Bertz CT molecular complexity index is 286. The van der Waals surface area contributed by atoms with Gasteiger partial charge in [-0.1, -0.05) is 0 Å². The number of rotatable bonds is 3. The number of hydrogen-bond acceptors (Lipinski definition) is 3. The quantitative estimate of drug-likeness (QED) is 0.725. The molecule has 4 nitrogen and oxygen atoms in total. The van der Waals surface area contributed by atoms with Gasteiger partial charge in [-0.25, -0.2) is 13.1 Å². The van der Waals surface area contributed by atoms with E-state index < -0.39 is 14.8 Å². The van der Waals surface area contributed by atoms with Crippen LogP contribution in [0.5, 0.6) is 0 Å². The zero-order chi connectivity index (χ0) is 11.0. The molecule has 3 N–H and O–H groups in total. The highest BCUT2D eigenvalue weighted by Crippen LogP contribution is 2.25. The van der Waals surface area contributed by atoms with Crippen LogP contribution in [0.4, 0.5) is 0 Å². The maximum absolute atomic E-state index is 11.6. The molecule has 1 saturated carbocycles. The fraction of sp³-hybridized carbons (Fsp3) is 1.00. The maximum atomic E-state index is 11.6. The standard InChI is InChI=1S/C9H20N2O2S/c1-9(2,3)14(12,13)11-6-7-4-8(10)5-7/h7-8,11H,4-6,10H2,1-3H3. The molecule has 1 rings (SSSR count). The van der Waals surface area contributed by atoms with Gasteiger partial charge in [-0.3, -0.25) is 0 Å². The van der Waals surface area contributed by atoms with Crippen molar-refractivity contribution in [3.8, 4) is 0 Å². The Labute approximate surface area is 86.3 Å². The third-order valence-corrected chi connectivity index (χ3v) is 4.80. The zero-order valence-electron chi connectivity index (χ0n) is 9.08. The molecule has 0 spiro atoms. The molecule has 0 aliphatic heterocycles. The topological polar surface area (TPSA) is 72.2 Å². The minimum atomic E-state index is -3.18. The molecule has 0 amide bonds. The van der Waals surface area contributed by atoms with Crippen molar-refractivity contribution in [2.24, 2.45) is 11.7 Å². The van der Waals surface area contributed by atoms with Crippen LogP contribution in [0.15, 0.2) is 0 Å². The molecule has 84 valence electrons.